The Bertz CT molecular complexity index is 107. The highest BCUT2D eigenvalue weighted by molar-refractivity contribution is 6.17. The van der Waals surface area contributed by atoms with E-state index >= 15 is 0 Å². The van der Waals surface area contributed by atoms with Gasteiger partial charge in [0.25, 0.3) is 0 Å². The predicted molar refractivity (Wildman–Crippen MR) is 56.7 cm³/mol. The number of halogens is 2. The van der Waals surface area contributed by atoms with E-state index in [1.807, 2.05) is 0 Å². The molecule has 0 saturated carbocycles. The highest BCUT2D eigenvalue weighted by Gasteiger charge is 2.12. The molecule has 0 N–H and O–H groups in total. The van der Waals surface area contributed by atoms with Gasteiger partial charge < -0.3 is 28.5 Å². The summed E-state index contributed by atoms with van der Waals surface area (Å²) in [5.41, 5.74) is 0. The second-order valence-electron chi connectivity index (χ2n) is 4.13. The summed E-state index contributed by atoms with van der Waals surface area (Å²) in [5, 5.41) is 0. The Morgan fingerprint density at radius 1 is 1.00 bits per heavy atom. The molecule has 0 aromatic rings. The molecule has 0 aliphatic carbocycles. The summed E-state index contributed by atoms with van der Waals surface area (Å²) in [4.78, 5) is 0. The number of rotatable bonds is 7. The van der Waals surface area contributed by atoms with Crippen molar-refractivity contribution in [3.8, 4) is 0 Å². The zero-order valence-corrected chi connectivity index (χ0v) is 12.1. The van der Waals surface area contributed by atoms with E-state index in [2.05, 4.69) is 21.0 Å². The SMILES string of the molecule is CCCCCC[N+](C)(C)CCCl.[I-]. The van der Waals surface area contributed by atoms with Crippen molar-refractivity contribution in [3.63, 3.8) is 0 Å². The summed E-state index contributed by atoms with van der Waals surface area (Å²) >= 11 is 5.71. The molecule has 0 amide bonds. The first kappa shape index (κ1) is 16.4. The summed E-state index contributed by atoms with van der Waals surface area (Å²) in [7, 11) is 4.52. The van der Waals surface area contributed by atoms with Crippen LogP contribution >= 0.6 is 11.6 Å². The normalized spacial score (nSPS) is 11.1. The average Bonchev–Trinajstić information content (AvgIpc) is 1.98. The Morgan fingerprint density at radius 3 is 2.08 bits per heavy atom. The molecule has 0 unspecified atom stereocenters. The minimum Gasteiger partial charge on any atom is -1.00 e. The zero-order chi connectivity index (χ0) is 9.45. The Hall–Kier alpha value is 0.980. The largest absolute Gasteiger partial charge is 1.00 e. The van der Waals surface area contributed by atoms with E-state index < -0.39 is 0 Å². The van der Waals surface area contributed by atoms with E-state index in [1.165, 1.54) is 32.2 Å². The van der Waals surface area contributed by atoms with Crippen molar-refractivity contribution in [2.45, 2.75) is 32.6 Å². The van der Waals surface area contributed by atoms with Crippen LogP contribution in [0.15, 0.2) is 0 Å². The van der Waals surface area contributed by atoms with Gasteiger partial charge in [0.15, 0.2) is 0 Å². The summed E-state index contributed by atoms with van der Waals surface area (Å²) in [6, 6.07) is 0. The summed E-state index contributed by atoms with van der Waals surface area (Å²) in [5.74, 6) is 0.779. The van der Waals surface area contributed by atoms with E-state index in [0.29, 0.717) is 0 Å². The van der Waals surface area contributed by atoms with Gasteiger partial charge in [0.2, 0.25) is 0 Å². The van der Waals surface area contributed by atoms with Crippen molar-refractivity contribution in [3.05, 3.63) is 0 Å². The third-order valence-electron chi connectivity index (χ3n) is 2.31. The van der Waals surface area contributed by atoms with Crippen molar-refractivity contribution >= 4 is 11.6 Å². The van der Waals surface area contributed by atoms with Gasteiger partial charge in [0.1, 0.15) is 0 Å². The molecule has 0 rings (SSSR count). The third kappa shape index (κ3) is 10.9. The van der Waals surface area contributed by atoms with E-state index in [9.17, 15) is 0 Å². The van der Waals surface area contributed by atoms with Crippen LogP contribution in [0.5, 0.6) is 0 Å². The van der Waals surface area contributed by atoms with Gasteiger partial charge in [0, 0.05) is 0 Å². The smallest absolute Gasteiger partial charge is 0.0920 e. The molecular formula is C10H23ClIN. The highest BCUT2D eigenvalue weighted by atomic mass is 127. The van der Waals surface area contributed by atoms with Crippen molar-refractivity contribution in [1.29, 1.82) is 0 Å². The molecule has 0 atom stereocenters. The predicted octanol–water partition coefficient (Wildman–Crippen LogP) is -0.114. The number of quaternary nitrogens is 1. The summed E-state index contributed by atoms with van der Waals surface area (Å²) in [6.45, 7) is 4.61. The third-order valence-corrected chi connectivity index (χ3v) is 2.48. The number of hydrogen-bond acceptors (Lipinski definition) is 0. The molecule has 0 aromatic heterocycles. The maximum absolute atomic E-state index is 5.71. The number of nitrogens with zero attached hydrogens (tertiary/aromatic N) is 1. The average molecular weight is 320 g/mol. The molecule has 0 heterocycles. The number of alkyl halides is 1. The van der Waals surface area contributed by atoms with Crippen LogP contribution in [-0.2, 0) is 0 Å². The van der Waals surface area contributed by atoms with Gasteiger partial charge in [-0.25, -0.2) is 0 Å². The molecule has 82 valence electrons. The molecule has 13 heavy (non-hydrogen) atoms. The fourth-order valence-corrected chi connectivity index (χ4v) is 1.76. The van der Waals surface area contributed by atoms with Crippen molar-refractivity contribution in [2.75, 3.05) is 33.1 Å². The Morgan fingerprint density at radius 2 is 1.62 bits per heavy atom. The second-order valence-corrected chi connectivity index (χ2v) is 4.51. The van der Waals surface area contributed by atoms with Gasteiger partial charge in [0.05, 0.1) is 33.1 Å². The Balaban J connectivity index is 0. The quantitative estimate of drug-likeness (QED) is 0.266. The van der Waals surface area contributed by atoms with Gasteiger partial charge in [-0.2, -0.15) is 0 Å². The first-order chi connectivity index (χ1) is 5.62. The molecule has 3 heteroatoms. The van der Waals surface area contributed by atoms with Crippen LogP contribution < -0.4 is 24.0 Å². The van der Waals surface area contributed by atoms with Crippen molar-refractivity contribution in [1.82, 2.24) is 0 Å². The van der Waals surface area contributed by atoms with E-state index in [1.54, 1.807) is 0 Å². The van der Waals surface area contributed by atoms with Gasteiger partial charge in [-0.1, -0.05) is 19.8 Å². The number of unbranched alkanes of at least 4 members (excludes halogenated alkanes) is 3. The van der Waals surface area contributed by atoms with Gasteiger partial charge in [-0.05, 0) is 12.8 Å². The molecule has 0 fully saturated rings. The van der Waals surface area contributed by atoms with Crippen molar-refractivity contribution in [2.24, 2.45) is 0 Å². The lowest BCUT2D eigenvalue weighted by atomic mass is 10.2. The molecule has 0 bridgehead atoms. The van der Waals surface area contributed by atoms with E-state index in [0.717, 1.165) is 16.9 Å². The molecule has 0 aromatic carbocycles. The first-order valence-electron chi connectivity index (χ1n) is 5.00. The molecule has 0 radical (unpaired) electrons. The van der Waals surface area contributed by atoms with Crippen LogP contribution in [0, 0.1) is 0 Å². The van der Waals surface area contributed by atoms with Crippen LogP contribution in [0.2, 0.25) is 0 Å². The lowest BCUT2D eigenvalue weighted by Crippen LogP contribution is -3.00. The van der Waals surface area contributed by atoms with E-state index in [-0.39, 0.29) is 24.0 Å². The second kappa shape index (κ2) is 9.53. The molecule has 0 aliphatic heterocycles. The minimum absolute atomic E-state index is 0. The molecule has 0 spiro atoms. The molecule has 0 aliphatic rings. The first-order valence-corrected chi connectivity index (χ1v) is 5.54. The lowest BCUT2D eigenvalue weighted by molar-refractivity contribution is -0.888. The standard InChI is InChI=1S/C10H23ClN.HI/c1-4-5-6-7-9-12(2,3)10-8-11;/h4-10H2,1-3H3;1H/q+1;/p-1. The van der Waals surface area contributed by atoms with Crippen LogP contribution in [0.4, 0.5) is 0 Å². The highest BCUT2D eigenvalue weighted by Crippen LogP contribution is 2.05. The van der Waals surface area contributed by atoms with Crippen LogP contribution in [0.3, 0.4) is 0 Å². The van der Waals surface area contributed by atoms with Crippen LogP contribution in [0.1, 0.15) is 32.6 Å². The maximum atomic E-state index is 5.71. The molecular weight excluding hydrogens is 296 g/mol. The van der Waals surface area contributed by atoms with Gasteiger partial charge >= 0.3 is 0 Å². The van der Waals surface area contributed by atoms with E-state index in [4.69, 9.17) is 11.6 Å². The Labute approximate surface area is 105 Å². The monoisotopic (exact) mass is 319 g/mol. The van der Waals surface area contributed by atoms with Gasteiger partial charge in [-0.3, -0.25) is 0 Å². The van der Waals surface area contributed by atoms with Crippen LogP contribution in [-0.4, -0.2) is 37.5 Å². The minimum atomic E-state index is 0. The zero-order valence-electron chi connectivity index (χ0n) is 9.15. The van der Waals surface area contributed by atoms with Gasteiger partial charge in [-0.15, -0.1) is 11.6 Å². The Kier molecular flexibility index (Phi) is 12.0. The van der Waals surface area contributed by atoms with Crippen molar-refractivity contribution < 1.29 is 28.5 Å². The topological polar surface area (TPSA) is 0 Å². The molecule has 1 nitrogen and oxygen atoms in total. The lowest BCUT2D eigenvalue weighted by Gasteiger charge is -2.28. The summed E-state index contributed by atoms with van der Waals surface area (Å²) < 4.78 is 1.08. The van der Waals surface area contributed by atoms with Crippen LogP contribution in [0.25, 0.3) is 0 Å². The summed E-state index contributed by atoms with van der Waals surface area (Å²) in [6.07, 6.45) is 5.42. The maximum Gasteiger partial charge on any atom is 0.0920 e. The molecule has 0 saturated heterocycles. The number of hydrogen-bond donors (Lipinski definition) is 0. The fraction of sp³-hybridized carbons (Fsp3) is 1.00. The fourth-order valence-electron chi connectivity index (χ4n) is 1.31.